The summed E-state index contributed by atoms with van der Waals surface area (Å²) in [6.07, 6.45) is 0. The molecule has 0 aliphatic rings. The summed E-state index contributed by atoms with van der Waals surface area (Å²) in [7, 11) is -4.01. The fraction of sp³-hybridized carbons (Fsp3) is 0.300. The Balaban J connectivity index is 3.26. The summed E-state index contributed by atoms with van der Waals surface area (Å²) in [5, 5.41) is 17.5. The highest BCUT2D eigenvalue weighted by Crippen LogP contribution is 2.17. The Kier molecular flexibility index (Phi) is 4.17. The zero-order valence-electron chi connectivity index (χ0n) is 9.01. The highest BCUT2D eigenvalue weighted by Gasteiger charge is 2.22. The normalized spacial score (nSPS) is 13.1. The molecular weight excluding hydrogens is 247 g/mol. The molecule has 0 saturated heterocycles. The van der Waals surface area contributed by atoms with Gasteiger partial charge in [-0.25, -0.2) is 17.5 Å². The molecule has 5 nitrogen and oxygen atoms in total. The van der Waals surface area contributed by atoms with Crippen LogP contribution in [-0.4, -0.2) is 26.2 Å². The van der Waals surface area contributed by atoms with E-state index in [1.165, 1.54) is 19.1 Å². The standard InChI is InChI=1S/C10H11FN2O3S/c1-7(6-14)13-17(15,16)10-4-2-3-9(11)8(10)5-12/h2-4,7,13-14H,6H2,1H3/t7-/m0/s1. The highest BCUT2D eigenvalue weighted by molar-refractivity contribution is 7.89. The maximum atomic E-state index is 13.2. The van der Waals surface area contributed by atoms with Gasteiger partial charge in [0, 0.05) is 6.04 Å². The van der Waals surface area contributed by atoms with Crippen molar-refractivity contribution >= 4 is 10.0 Å². The molecule has 1 aromatic rings. The number of rotatable bonds is 4. The number of nitrogens with one attached hydrogen (secondary N) is 1. The second-order valence-corrected chi connectivity index (χ2v) is 5.11. The number of aliphatic hydroxyl groups is 1. The van der Waals surface area contributed by atoms with Gasteiger partial charge in [0.1, 0.15) is 22.3 Å². The van der Waals surface area contributed by atoms with Crippen LogP contribution in [0.5, 0.6) is 0 Å². The fourth-order valence-electron chi connectivity index (χ4n) is 1.20. The molecule has 0 radical (unpaired) electrons. The van der Waals surface area contributed by atoms with Crippen molar-refractivity contribution in [1.29, 1.82) is 5.26 Å². The van der Waals surface area contributed by atoms with Crippen LogP contribution in [0.2, 0.25) is 0 Å². The molecule has 7 heteroatoms. The smallest absolute Gasteiger partial charge is 0.242 e. The molecule has 17 heavy (non-hydrogen) atoms. The summed E-state index contributed by atoms with van der Waals surface area (Å²) < 4.78 is 39.0. The van der Waals surface area contributed by atoms with E-state index < -0.39 is 38.9 Å². The third-order valence-corrected chi connectivity index (χ3v) is 3.64. The van der Waals surface area contributed by atoms with Crippen molar-refractivity contribution in [2.24, 2.45) is 0 Å². The molecule has 1 aromatic carbocycles. The van der Waals surface area contributed by atoms with E-state index in [1.807, 2.05) is 0 Å². The average Bonchev–Trinajstić information content (AvgIpc) is 2.28. The molecule has 0 saturated carbocycles. The van der Waals surface area contributed by atoms with Crippen molar-refractivity contribution in [3.05, 3.63) is 29.6 Å². The van der Waals surface area contributed by atoms with Crippen LogP contribution in [0.15, 0.2) is 23.1 Å². The van der Waals surface area contributed by atoms with Gasteiger partial charge in [-0.1, -0.05) is 6.07 Å². The van der Waals surface area contributed by atoms with Crippen LogP contribution in [0.25, 0.3) is 0 Å². The molecule has 0 unspecified atom stereocenters. The predicted octanol–water partition coefficient (Wildman–Crippen LogP) is 0.356. The molecule has 0 aliphatic carbocycles. The van der Waals surface area contributed by atoms with Crippen LogP contribution in [0.3, 0.4) is 0 Å². The van der Waals surface area contributed by atoms with E-state index in [0.717, 1.165) is 12.1 Å². The lowest BCUT2D eigenvalue weighted by Crippen LogP contribution is -2.35. The topological polar surface area (TPSA) is 90.2 Å². The van der Waals surface area contributed by atoms with Gasteiger partial charge in [0.15, 0.2) is 0 Å². The first kappa shape index (κ1) is 13.6. The highest BCUT2D eigenvalue weighted by atomic mass is 32.2. The zero-order chi connectivity index (χ0) is 13.1. The molecule has 0 spiro atoms. The summed E-state index contributed by atoms with van der Waals surface area (Å²) >= 11 is 0. The minimum absolute atomic E-state index is 0.392. The van der Waals surface area contributed by atoms with Gasteiger partial charge in [0.05, 0.1) is 6.61 Å². The first-order valence-corrected chi connectivity index (χ1v) is 6.22. The quantitative estimate of drug-likeness (QED) is 0.815. The predicted molar refractivity (Wildman–Crippen MR) is 58.0 cm³/mol. The summed E-state index contributed by atoms with van der Waals surface area (Å²) in [4.78, 5) is -0.430. The minimum atomic E-state index is -4.01. The van der Waals surface area contributed by atoms with Gasteiger partial charge in [-0.15, -0.1) is 0 Å². The van der Waals surface area contributed by atoms with Crippen LogP contribution in [-0.2, 0) is 10.0 Å². The van der Waals surface area contributed by atoms with E-state index >= 15 is 0 Å². The Morgan fingerprint density at radius 3 is 2.76 bits per heavy atom. The monoisotopic (exact) mass is 258 g/mol. The number of sulfonamides is 1. The van der Waals surface area contributed by atoms with Crippen molar-refractivity contribution in [1.82, 2.24) is 4.72 Å². The summed E-state index contributed by atoms with van der Waals surface area (Å²) in [6.45, 7) is 1.05. The Hall–Kier alpha value is -1.49. The largest absolute Gasteiger partial charge is 0.395 e. The molecule has 2 N–H and O–H groups in total. The Bertz CT molecular complexity index is 551. The first-order chi connectivity index (χ1) is 7.92. The molecule has 92 valence electrons. The van der Waals surface area contributed by atoms with E-state index in [2.05, 4.69) is 4.72 Å². The molecule has 0 aliphatic heterocycles. The summed E-state index contributed by atoms with van der Waals surface area (Å²) in [6, 6.07) is 4.13. The van der Waals surface area contributed by atoms with Crippen LogP contribution in [0.1, 0.15) is 12.5 Å². The molecule has 1 atom stereocenters. The van der Waals surface area contributed by atoms with Gasteiger partial charge in [-0.05, 0) is 19.1 Å². The molecule has 1 rings (SSSR count). The van der Waals surface area contributed by atoms with Crippen molar-refractivity contribution in [3.63, 3.8) is 0 Å². The van der Waals surface area contributed by atoms with Crippen LogP contribution < -0.4 is 4.72 Å². The second kappa shape index (κ2) is 5.23. The van der Waals surface area contributed by atoms with Crippen LogP contribution in [0, 0.1) is 17.1 Å². The zero-order valence-corrected chi connectivity index (χ0v) is 9.83. The Morgan fingerprint density at radius 1 is 1.59 bits per heavy atom. The van der Waals surface area contributed by atoms with Gasteiger partial charge in [0.2, 0.25) is 10.0 Å². The van der Waals surface area contributed by atoms with Gasteiger partial charge in [-0.3, -0.25) is 0 Å². The van der Waals surface area contributed by atoms with E-state index in [9.17, 15) is 12.8 Å². The average molecular weight is 258 g/mol. The number of nitrogens with zero attached hydrogens (tertiary/aromatic N) is 1. The third-order valence-electron chi connectivity index (χ3n) is 2.01. The molecular formula is C10H11FN2O3S. The third kappa shape index (κ3) is 3.00. The van der Waals surface area contributed by atoms with E-state index in [1.54, 1.807) is 0 Å². The van der Waals surface area contributed by atoms with Crippen molar-refractivity contribution < 1.29 is 17.9 Å². The second-order valence-electron chi connectivity index (χ2n) is 3.43. The number of aliphatic hydroxyl groups excluding tert-OH is 1. The van der Waals surface area contributed by atoms with Crippen molar-refractivity contribution in [3.8, 4) is 6.07 Å². The lowest BCUT2D eigenvalue weighted by molar-refractivity contribution is 0.265. The van der Waals surface area contributed by atoms with E-state index in [-0.39, 0.29) is 0 Å². The lowest BCUT2D eigenvalue weighted by Gasteiger charge is -2.12. The Morgan fingerprint density at radius 2 is 2.24 bits per heavy atom. The SMILES string of the molecule is C[C@@H](CO)NS(=O)(=O)c1cccc(F)c1C#N. The van der Waals surface area contributed by atoms with Gasteiger partial charge in [0.25, 0.3) is 0 Å². The van der Waals surface area contributed by atoms with Gasteiger partial charge in [-0.2, -0.15) is 5.26 Å². The molecule has 0 bridgehead atoms. The Labute approximate surface area is 98.6 Å². The lowest BCUT2D eigenvalue weighted by atomic mass is 10.2. The number of nitriles is 1. The maximum Gasteiger partial charge on any atom is 0.242 e. The number of hydrogen-bond donors (Lipinski definition) is 2. The number of halogens is 1. The van der Waals surface area contributed by atoms with Gasteiger partial charge >= 0.3 is 0 Å². The van der Waals surface area contributed by atoms with Gasteiger partial charge < -0.3 is 5.11 Å². The van der Waals surface area contributed by atoms with E-state index in [4.69, 9.17) is 10.4 Å². The van der Waals surface area contributed by atoms with Crippen molar-refractivity contribution in [2.75, 3.05) is 6.61 Å². The fourth-order valence-corrected chi connectivity index (χ4v) is 2.60. The van der Waals surface area contributed by atoms with Crippen LogP contribution in [0.4, 0.5) is 4.39 Å². The minimum Gasteiger partial charge on any atom is -0.395 e. The van der Waals surface area contributed by atoms with E-state index in [0.29, 0.717) is 0 Å². The summed E-state index contributed by atoms with van der Waals surface area (Å²) in [5.41, 5.74) is -0.537. The number of hydrogen-bond acceptors (Lipinski definition) is 4. The van der Waals surface area contributed by atoms with Crippen molar-refractivity contribution in [2.45, 2.75) is 17.9 Å². The molecule has 0 fully saturated rings. The molecule has 0 aromatic heterocycles. The molecule has 0 amide bonds. The van der Waals surface area contributed by atoms with Crippen LogP contribution >= 0.6 is 0 Å². The maximum absolute atomic E-state index is 13.2. The molecule has 0 heterocycles. The first-order valence-electron chi connectivity index (χ1n) is 4.74. The number of benzene rings is 1. The summed E-state index contributed by atoms with van der Waals surface area (Å²) in [5.74, 6) is -0.896.